The quantitative estimate of drug-likeness (QED) is 0.504. The second kappa shape index (κ2) is 10.3. The molecule has 2 aromatic rings. The third kappa shape index (κ3) is 5.73. The second-order valence-electron chi connectivity index (χ2n) is 6.95. The van der Waals surface area contributed by atoms with Gasteiger partial charge in [0.1, 0.15) is 6.61 Å². The normalized spacial score (nSPS) is 13.5. The van der Waals surface area contributed by atoms with Gasteiger partial charge in [0.2, 0.25) is 11.8 Å². The summed E-state index contributed by atoms with van der Waals surface area (Å²) < 4.78 is 10.9. The molecule has 1 aliphatic rings. The summed E-state index contributed by atoms with van der Waals surface area (Å²) in [5, 5.41) is 2.86. The molecular formula is C24H26N2O4. The minimum atomic E-state index is -0.240. The maximum Gasteiger partial charge on any atom is 0.248 e. The number of nitrogens with one attached hydrogen (secondary N) is 1. The van der Waals surface area contributed by atoms with Crippen molar-refractivity contribution in [2.24, 2.45) is 0 Å². The summed E-state index contributed by atoms with van der Waals surface area (Å²) in [4.78, 5) is 26.0. The van der Waals surface area contributed by atoms with Crippen LogP contribution in [0.3, 0.4) is 0 Å². The fourth-order valence-corrected chi connectivity index (χ4v) is 3.25. The molecule has 0 spiro atoms. The summed E-state index contributed by atoms with van der Waals surface area (Å²) in [6.45, 7) is 5.37. The maximum atomic E-state index is 12.3. The molecule has 1 saturated heterocycles. The molecule has 1 fully saturated rings. The third-order valence-corrected chi connectivity index (χ3v) is 4.71. The largest absolute Gasteiger partial charge is 0.493 e. The van der Waals surface area contributed by atoms with E-state index in [1.54, 1.807) is 31.4 Å². The fraction of sp³-hybridized carbons (Fsp3) is 0.250. The van der Waals surface area contributed by atoms with Gasteiger partial charge in [-0.05, 0) is 47.9 Å². The Morgan fingerprint density at radius 2 is 2.10 bits per heavy atom. The van der Waals surface area contributed by atoms with E-state index >= 15 is 0 Å². The van der Waals surface area contributed by atoms with Gasteiger partial charge >= 0.3 is 0 Å². The Hall–Kier alpha value is -3.54. The van der Waals surface area contributed by atoms with Crippen molar-refractivity contribution in [2.75, 3.05) is 25.6 Å². The van der Waals surface area contributed by atoms with E-state index in [2.05, 4.69) is 11.9 Å². The van der Waals surface area contributed by atoms with Crippen molar-refractivity contribution in [3.8, 4) is 11.5 Å². The maximum absolute atomic E-state index is 12.3. The lowest BCUT2D eigenvalue weighted by Crippen LogP contribution is -2.23. The molecule has 0 unspecified atom stereocenters. The highest BCUT2D eigenvalue weighted by molar-refractivity contribution is 6.02. The molecule has 3 rings (SSSR count). The average Bonchev–Trinajstić information content (AvgIpc) is 3.15. The average molecular weight is 406 g/mol. The number of methoxy groups -OCH3 is 1. The summed E-state index contributed by atoms with van der Waals surface area (Å²) >= 11 is 0. The van der Waals surface area contributed by atoms with Crippen molar-refractivity contribution >= 4 is 23.6 Å². The molecule has 6 heteroatoms. The fourth-order valence-electron chi connectivity index (χ4n) is 3.25. The van der Waals surface area contributed by atoms with Gasteiger partial charge in [0.15, 0.2) is 11.5 Å². The van der Waals surface area contributed by atoms with Crippen LogP contribution < -0.4 is 14.8 Å². The molecule has 0 saturated carbocycles. The van der Waals surface area contributed by atoms with Gasteiger partial charge in [-0.2, -0.15) is 0 Å². The second-order valence-corrected chi connectivity index (χ2v) is 6.95. The van der Waals surface area contributed by atoms with Crippen LogP contribution in [0.1, 0.15) is 24.0 Å². The molecule has 30 heavy (non-hydrogen) atoms. The van der Waals surface area contributed by atoms with Crippen LogP contribution in [0.2, 0.25) is 0 Å². The number of anilines is 1. The van der Waals surface area contributed by atoms with E-state index in [9.17, 15) is 9.59 Å². The van der Waals surface area contributed by atoms with E-state index in [1.165, 1.54) is 6.08 Å². The van der Waals surface area contributed by atoms with E-state index < -0.39 is 0 Å². The molecule has 6 nitrogen and oxygen atoms in total. The number of carbonyl (C=O) groups is 2. The zero-order valence-corrected chi connectivity index (χ0v) is 17.1. The first-order valence-corrected chi connectivity index (χ1v) is 9.86. The van der Waals surface area contributed by atoms with Crippen LogP contribution in [0, 0.1) is 0 Å². The highest BCUT2D eigenvalue weighted by Gasteiger charge is 2.19. The number of hydrogen-bond acceptors (Lipinski definition) is 4. The summed E-state index contributed by atoms with van der Waals surface area (Å²) in [6.07, 6.45) is 6.37. The summed E-state index contributed by atoms with van der Waals surface area (Å²) in [5.74, 6) is 1.15. The van der Waals surface area contributed by atoms with Crippen LogP contribution in [0.5, 0.6) is 11.5 Å². The zero-order valence-electron chi connectivity index (χ0n) is 17.1. The van der Waals surface area contributed by atoms with Gasteiger partial charge in [-0.3, -0.25) is 9.59 Å². The number of likely N-dealkylation sites (tertiary alicyclic amines) is 1. The molecule has 0 radical (unpaired) electrons. The third-order valence-electron chi connectivity index (χ3n) is 4.71. The number of hydrogen-bond donors (Lipinski definition) is 1. The predicted octanol–water partition coefficient (Wildman–Crippen LogP) is 4.03. The Labute approximate surface area is 176 Å². The first kappa shape index (κ1) is 21.2. The van der Waals surface area contributed by atoms with Gasteiger partial charge in [-0.25, -0.2) is 0 Å². The van der Waals surface area contributed by atoms with Crippen LogP contribution in [-0.2, 0) is 16.1 Å². The zero-order chi connectivity index (χ0) is 21.3. The number of rotatable bonds is 9. The molecule has 1 heterocycles. The Kier molecular flexibility index (Phi) is 7.27. The lowest BCUT2D eigenvalue weighted by atomic mass is 10.1. The first-order valence-electron chi connectivity index (χ1n) is 9.86. The molecular weight excluding hydrogens is 380 g/mol. The van der Waals surface area contributed by atoms with Crippen molar-refractivity contribution in [1.82, 2.24) is 4.90 Å². The first-order chi connectivity index (χ1) is 14.6. The van der Waals surface area contributed by atoms with Gasteiger partial charge in [0, 0.05) is 31.3 Å². The molecule has 1 N–H and O–H groups in total. The smallest absolute Gasteiger partial charge is 0.248 e. The summed E-state index contributed by atoms with van der Waals surface area (Å²) in [5.41, 5.74) is 2.50. The molecule has 0 aromatic heterocycles. The Balaban J connectivity index is 1.61. The Morgan fingerprint density at radius 1 is 1.23 bits per heavy atom. The minimum Gasteiger partial charge on any atom is -0.493 e. The molecule has 2 amide bonds. The van der Waals surface area contributed by atoms with Crippen LogP contribution in [0.15, 0.2) is 61.2 Å². The van der Waals surface area contributed by atoms with Crippen molar-refractivity contribution in [1.29, 1.82) is 0 Å². The van der Waals surface area contributed by atoms with Crippen molar-refractivity contribution in [3.05, 3.63) is 72.3 Å². The van der Waals surface area contributed by atoms with Crippen molar-refractivity contribution < 1.29 is 19.1 Å². The monoisotopic (exact) mass is 406 g/mol. The van der Waals surface area contributed by atoms with Crippen LogP contribution in [0.4, 0.5) is 5.69 Å². The van der Waals surface area contributed by atoms with E-state index in [0.717, 1.165) is 24.1 Å². The van der Waals surface area contributed by atoms with Crippen molar-refractivity contribution in [3.63, 3.8) is 0 Å². The van der Waals surface area contributed by atoms with Crippen molar-refractivity contribution in [2.45, 2.75) is 19.4 Å². The number of amides is 2. The lowest BCUT2D eigenvalue weighted by Gasteiger charge is -2.16. The van der Waals surface area contributed by atoms with Crippen LogP contribution in [-0.4, -0.2) is 37.0 Å². The highest BCUT2D eigenvalue weighted by atomic mass is 16.5. The highest BCUT2D eigenvalue weighted by Crippen LogP contribution is 2.28. The standard InChI is InChI=1S/C24H26N2O4/c1-3-14-30-21-11-9-18(16-22(21)29-2)10-12-23(27)25-20-7-4-6-19(15-20)17-26-13-5-8-24(26)28/h3-4,6-7,9-12,15-16H,1,5,8,13-14,17H2,2H3,(H,25,27)/b12-10+. The topological polar surface area (TPSA) is 67.9 Å². The van der Waals surface area contributed by atoms with E-state index in [0.29, 0.717) is 36.8 Å². The van der Waals surface area contributed by atoms with Crippen LogP contribution >= 0.6 is 0 Å². The molecule has 0 atom stereocenters. The minimum absolute atomic E-state index is 0.184. The van der Waals surface area contributed by atoms with E-state index in [1.807, 2.05) is 35.2 Å². The van der Waals surface area contributed by atoms with Gasteiger partial charge in [0.05, 0.1) is 7.11 Å². The Morgan fingerprint density at radius 3 is 2.83 bits per heavy atom. The summed E-state index contributed by atoms with van der Waals surface area (Å²) in [6, 6.07) is 13.0. The number of benzene rings is 2. The van der Waals surface area contributed by atoms with E-state index in [4.69, 9.17) is 9.47 Å². The number of nitrogens with zero attached hydrogens (tertiary/aromatic N) is 1. The molecule has 156 valence electrons. The number of carbonyl (C=O) groups excluding carboxylic acids is 2. The van der Waals surface area contributed by atoms with Gasteiger partial charge in [-0.1, -0.05) is 30.9 Å². The molecule has 1 aliphatic heterocycles. The van der Waals surface area contributed by atoms with Gasteiger partial charge in [0.25, 0.3) is 0 Å². The van der Waals surface area contributed by atoms with Gasteiger partial charge < -0.3 is 19.7 Å². The van der Waals surface area contributed by atoms with Crippen LogP contribution in [0.25, 0.3) is 6.08 Å². The number of ether oxygens (including phenoxy) is 2. The lowest BCUT2D eigenvalue weighted by molar-refractivity contribution is -0.128. The SMILES string of the molecule is C=CCOc1ccc(/C=C/C(=O)Nc2cccc(CN3CCCC3=O)c2)cc1OC. The van der Waals surface area contributed by atoms with Gasteiger partial charge in [-0.15, -0.1) is 0 Å². The summed E-state index contributed by atoms with van der Waals surface area (Å²) in [7, 11) is 1.57. The molecule has 0 bridgehead atoms. The molecule has 0 aliphatic carbocycles. The van der Waals surface area contributed by atoms with E-state index in [-0.39, 0.29) is 11.8 Å². The molecule has 2 aromatic carbocycles. The predicted molar refractivity (Wildman–Crippen MR) is 117 cm³/mol. The Bertz CT molecular complexity index is 952.